The number of fused-ring (bicyclic) bond motifs is 1. The molecule has 2 unspecified atom stereocenters. The van der Waals surface area contributed by atoms with Gasteiger partial charge in [0.15, 0.2) is 0 Å². The Morgan fingerprint density at radius 1 is 1.25 bits per heavy atom. The number of ether oxygens (including phenoxy) is 1. The Bertz CT molecular complexity index is 974. The Morgan fingerprint density at radius 3 is 2.72 bits per heavy atom. The third-order valence-corrected chi connectivity index (χ3v) is 5.01. The lowest BCUT2D eigenvalue weighted by Gasteiger charge is -2.24. The Labute approximate surface area is 184 Å². The molecule has 0 bridgehead atoms. The number of Topliss-reactive ketones (excluding diaryl/α,β-unsaturated/α-hetero) is 1. The molecule has 170 valence electrons. The van der Waals surface area contributed by atoms with E-state index in [9.17, 15) is 19.2 Å². The molecule has 3 amide bonds. The molecule has 0 saturated carbocycles. The van der Waals surface area contributed by atoms with Crippen molar-refractivity contribution in [2.75, 3.05) is 6.54 Å². The van der Waals surface area contributed by atoms with Gasteiger partial charge in [0.25, 0.3) is 5.91 Å². The molecule has 32 heavy (non-hydrogen) atoms. The number of nitrogens with one attached hydrogen (secondary N) is 3. The molecule has 1 aliphatic heterocycles. The summed E-state index contributed by atoms with van der Waals surface area (Å²) >= 11 is 0. The van der Waals surface area contributed by atoms with Crippen LogP contribution in [-0.2, 0) is 38.7 Å². The molecule has 1 aromatic carbocycles. The Kier molecular flexibility index (Phi) is 7.53. The summed E-state index contributed by atoms with van der Waals surface area (Å²) in [4.78, 5) is 49.9. The number of nitrogens with zero attached hydrogens (tertiary/aromatic N) is 3. The van der Waals surface area contributed by atoms with E-state index in [-0.39, 0.29) is 25.5 Å². The molecule has 0 aliphatic carbocycles. The molecule has 3 rings (SSSR count). The maximum Gasteiger partial charge on any atom is 0.408 e. The first-order chi connectivity index (χ1) is 15.3. The Hall–Kier alpha value is -3.76. The van der Waals surface area contributed by atoms with E-state index < -0.39 is 35.8 Å². The van der Waals surface area contributed by atoms with Gasteiger partial charge in [0.1, 0.15) is 18.7 Å². The van der Waals surface area contributed by atoms with Gasteiger partial charge in [-0.3, -0.25) is 14.4 Å². The van der Waals surface area contributed by atoms with Crippen LogP contribution in [0, 0.1) is 5.92 Å². The van der Waals surface area contributed by atoms with Crippen LogP contribution in [0.4, 0.5) is 4.79 Å². The zero-order valence-electron chi connectivity index (χ0n) is 17.9. The quantitative estimate of drug-likeness (QED) is 0.532. The summed E-state index contributed by atoms with van der Waals surface area (Å²) in [6.45, 7) is 4.12. The molecule has 3 N–H and O–H groups in total. The number of amides is 3. The van der Waals surface area contributed by atoms with Crippen molar-refractivity contribution < 1.29 is 23.9 Å². The molecule has 11 heteroatoms. The number of carbonyl (C=O) groups is 4. The molecule has 0 fully saturated rings. The lowest BCUT2D eigenvalue weighted by atomic mass is 10.0. The van der Waals surface area contributed by atoms with Crippen molar-refractivity contribution in [2.45, 2.75) is 45.5 Å². The third kappa shape index (κ3) is 5.90. The molecule has 2 aromatic rings. The smallest absolute Gasteiger partial charge is 0.408 e. The van der Waals surface area contributed by atoms with Crippen molar-refractivity contribution in [1.82, 2.24) is 30.9 Å². The van der Waals surface area contributed by atoms with E-state index in [2.05, 4.69) is 26.3 Å². The van der Waals surface area contributed by atoms with E-state index in [0.29, 0.717) is 12.2 Å². The fourth-order valence-electron chi connectivity index (χ4n) is 3.25. The first kappa shape index (κ1) is 22.9. The van der Waals surface area contributed by atoms with Crippen LogP contribution in [0.1, 0.15) is 25.1 Å². The van der Waals surface area contributed by atoms with Crippen molar-refractivity contribution >= 4 is 23.7 Å². The molecule has 2 atom stereocenters. The van der Waals surface area contributed by atoms with Crippen molar-refractivity contribution in [3.63, 3.8) is 0 Å². The first-order valence-electron chi connectivity index (χ1n) is 10.3. The highest BCUT2D eigenvalue weighted by Crippen LogP contribution is 2.09. The van der Waals surface area contributed by atoms with Gasteiger partial charge in [0.05, 0.1) is 18.4 Å². The number of carbonyl (C=O) groups excluding carboxylic acids is 4. The fraction of sp³-hybridized carbons (Fsp3) is 0.429. The van der Waals surface area contributed by atoms with Gasteiger partial charge in [-0.1, -0.05) is 49.4 Å². The highest BCUT2D eigenvalue weighted by atomic mass is 16.5. The van der Waals surface area contributed by atoms with E-state index in [4.69, 9.17) is 4.74 Å². The predicted molar refractivity (Wildman–Crippen MR) is 112 cm³/mol. The predicted octanol–water partition coefficient (Wildman–Crippen LogP) is -0.0447. The van der Waals surface area contributed by atoms with Gasteiger partial charge < -0.3 is 20.7 Å². The topological polar surface area (TPSA) is 144 Å². The number of hydrogen-bond acceptors (Lipinski definition) is 7. The van der Waals surface area contributed by atoms with Crippen LogP contribution in [0.5, 0.6) is 0 Å². The zero-order valence-corrected chi connectivity index (χ0v) is 17.9. The van der Waals surface area contributed by atoms with Gasteiger partial charge in [-0.25, -0.2) is 9.48 Å². The minimum absolute atomic E-state index is 0.0499. The maximum atomic E-state index is 12.9. The monoisotopic (exact) mass is 442 g/mol. The number of hydrogen-bond donors (Lipinski definition) is 3. The Balaban J connectivity index is 1.66. The normalized spacial score (nSPS) is 17.3. The summed E-state index contributed by atoms with van der Waals surface area (Å²) < 4.78 is 6.76. The standard InChI is InChI=1S/C21H26N6O5/c1-13(2)17(25-21(31)32-12-14-6-4-3-5-7-14)19(29)24-16-10-15-11-23-26-27(15)9-8-22-20(30)18(16)28/h3-7,11,13,16-17H,8-10,12H2,1-2H3,(H,22,30)(H,24,29)(H,25,31). The summed E-state index contributed by atoms with van der Waals surface area (Å²) in [6.07, 6.45) is 0.777. The maximum absolute atomic E-state index is 12.9. The highest BCUT2D eigenvalue weighted by Gasteiger charge is 2.33. The summed E-state index contributed by atoms with van der Waals surface area (Å²) in [5, 5.41) is 15.4. The van der Waals surface area contributed by atoms with Crippen LogP contribution in [-0.4, -0.2) is 57.3 Å². The molecule has 11 nitrogen and oxygen atoms in total. The first-order valence-corrected chi connectivity index (χ1v) is 10.3. The molecular weight excluding hydrogens is 416 g/mol. The van der Waals surface area contributed by atoms with Crippen LogP contribution >= 0.6 is 0 Å². The van der Waals surface area contributed by atoms with Gasteiger partial charge in [0, 0.05) is 13.0 Å². The number of ketones is 1. The molecule has 0 spiro atoms. The van der Waals surface area contributed by atoms with Crippen molar-refractivity contribution in [3.8, 4) is 0 Å². The average molecular weight is 442 g/mol. The molecule has 1 aromatic heterocycles. The summed E-state index contributed by atoms with van der Waals surface area (Å²) in [5.74, 6) is -2.46. The van der Waals surface area contributed by atoms with Gasteiger partial charge in [0.2, 0.25) is 11.7 Å². The summed E-state index contributed by atoms with van der Waals surface area (Å²) in [5.41, 5.74) is 1.41. The number of alkyl carbamates (subject to hydrolysis) is 1. The van der Waals surface area contributed by atoms with E-state index in [0.717, 1.165) is 5.56 Å². The number of aromatic nitrogens is 3. The second-order valence-electron chi connectivity index (χ2n) is 7.76. The Morgan fingerprint density at radius 2 is 2.00 bits per heavy atom. The van der Waals surface area contributed by atoms with Gasteiger partial charge in [-0.2, -0.15) is 0 Å². The van der Waals surface area contributed by atoms with Crippen molar-refractivity contribution in [1.29, 1.82) is 0 Å². The van der Waals surface area contributed by atoms with Gasteiger partial charge >= 0.3 is 6.09 Å². The van der Waals surface area contributed by atoms with E-state index in [1.165, 1.54) is 6.20 Å². The van der Waals surface area contributed by atoms with E-state index in [1.807, 2.05) is 30.3 Å². The van der Waals surface area contributed by atoms with Crippen molar-refractivity contribution in [2.24, 2.45) is 5.92 Å². The summed E-state index contributed by atoms with van der Waals surface area (Å²) in [6, 6.07) is 7.04. The summed E-state index contributed by atoms with van der Waals surface area (Å²) in [7, 11) is 0. The second kappa shape index (κ2) is 10.5. The van der Waals surface area contributed by atoms with Crippen molar-refractivity contribution in [3.05, 3.63) is 47.8 Å². The zero-order chi connectivity index (χ0) is 23.1. The lowest BCUT2D eigenvalue weighted by Crippen LogP contribution is -2.56. The minimum atomic E-state index is -1.12. The molecule has 0 saturated heterocycles. The molecule has 2 heterocycles. The number of benzene rings is 1. The average Bonchev–Trinajstić information content (AvgIpc) is 3.22. The van der Waals surface area contributed by atoms with Gasteiger partial charge in [-0.15, -0.1) is 5.10 Å². The molecule has 0 radical (unpaired) electrons. The largest absolute Gasteiger partial charge is 0.445 e. The fourth-order valence-corrected chi connectivity index (χ4v) is 3.25. The lowest BCUT2D eigenvalue weighted by molar-refractivity contribution is -0.140. The van der Waals surface area contributed by atoms with Crippen LogP contribution in [0.25, 0.3) is 0 Å². The second-order valence-corrected chi connectivity index (χ2v) is 7.76. The van der Waals surface area contributed by atoms with Crippen LogP contribution in [0.3, 0.4) is 0 Å². The number of rotatable bonds is 6. The minimum Gasteiger partial charge on any atom is -0.445 e. The van der Waals surface area contributed by atoms with E-state index in [1.54, 1.807) is 18.5 Å². The van der Waals surface area contributed by atoms with Crippen LogP contribution in [0.2, 0.25) is 0 Å². The van der Waals surface area contributed by atoms with Gasteiger partial charge in [-0.05, 0) is 11.5 Å². The highest BCUT2D eigenvalue weighted by molar-refractivity contribution is 6.38. The van der Waals surface area contributed by atoms with Crippen LogP contribution in [0.15, 0.2) is 36.5 Å². The third-order valence-electron chi connectivity index (χ3n) is 5.01. The molecular formula is C21H26N6O5. The SMILES string of the molecule is CC(C)C(NC(=O)OCc1ccccc1)C(=O)NC1Cc2cnnn2CCNC(=O)C1=O. The molecule has 1 aliphatic rings. The van der Waals surface area contributed by atoms with Crippen LogP contribution < -0.4 is 16.0 Å². The van der Waals surface area contributed by atoms with E-state index >= 15 is 0 Å².